The summed E-state index contributed by atoms with van der Waals surface area (Å²) in [5.74, 6) is -1.32. The van der Waals surface area contributed by atoms with E-state index in [0.29, 0.717) is 23.6 Å². The number of benzene rings is 3. The van der Waals surface area contributed by atoms with Gasteiger partial charge in [-0.15, -0.1) is 0 Å². The molecule has 1 aliphatic rings. The molecule has 214 valence electrons. The van der Waals surface area contributed by atoms with E-state index in [2.05, 4.69) is 0 Å². The van der Waals surface area contributed by atoms with Crippen LogP contribution in [-0.4, -0.2) is 55.2 Å². The molecular formula is C27H25ClN4O8S. The molecule has 12 nitrogen and oxygen atoms in total. The first-order valence-corrected chi connectivity index (χ1v) is 14.3. The normalized spacial score (nSPS) is 15.2. The zero-order valence-corrected chi connectivity index (χ0v) is 23.3. The molecule has 1 fully saturated rings. The number of rotatable bonds is 10. The summed E-state index contributed by atoms with van der Waals surface area (Å²) < 4.78 is 28.6. The number of halogens is 1. The molecular weight excluding hydrogens is 576 g/mol. The molecule has 0 spiro atoms. The van der Waals surface area contributed by atoms with Gasteiger partial charge in [-0.05, 0) is 67.4 Å². The van der Waals surface area contributed by atoms with Crippen LogP contribution in [0.1, 0.15) is 29.3 Å². The summed E-state index contributed by atoms with van der Waals surface area (Å²) in [6.07, 6.45) is -0.134. The fraction of sp³-hybridized carbons (Fsp3) is 0.222. The molecule has 1 aliphatic heterocycles. The maximum Gasteiger partial charge on any atom is 0.288 e. The summed E-state index contributed by atoms with van der Waals surface area (Å²) in [6.45, 7) is 2.19. The zero-order chi connectivity index (χ0) is 29.9. The topological polar surface area (TPSA) is 170 Å². The summed E-state index contributed by atoms with van der Waals surface area (Å²) in [6, 6.07) is 14.4. The van der Waals surface area contributed by atoms with Gasteiger partial charge in [-0.25, -0.2) is 18.5 Å². The number of nitro groups is 1. The standard InChI is InChI=1S/C27H25ClN4O8S/c1-2-40-20-8-6-19(7-9-20)31-25(33)16-24(27(31)35)30(14-13-17-3-10-21(11-4-17)41(29,38)39)26(34)18-5-12-22(28)23(15-18)32(36)37/h3-12,15,24H,2,13-14,16H2,1H3,(H2,29,38,39). The van der Waals surface area contributed by atoms with Gasteiger partial charge in [-0.1, -0.05) is 23.7 Å². The van der Waals surface area contributed by atoms with Gasteiger partial charge in [0.2, 0.25) is 15.9 Å². The molecule has 1 saturated heterocycles. The third-order valence-electron chi connectivity index (χ3n) is 6.45. The van der Waals surface area contributed by atoms with Crippen molar-refractivity contribution >= 4 is 50.7 Å². The SMILES string of the molecule is CCOc1ccc(N2C(=O)CC(N(CCc3ccc(S(N)(=O)=O)cc3)C(=O)c3ccc(Cl)c([N+](=O)[O-])c3)C2=O)cc1. The molecule has 0 bridgehead atoms. The van der Waals surface area contributed by atoms with E-state index in [4.69, 9.17) is 21.5 Å². The number of hydrogen-bond acceptors (Lipinski definition) is 8. The molecule has 1 atom stereocenters. The molecule has 3 amide bonds. The van der Waals surface area contributed by atoms with Crippen LogP contribution in [0, 0.1) is 10.1 Å². The molecule has 14 heteroatoms. The van der Waals surface area contributed by atoms with E-state index >= 15 is 0 Å². The first-order chi connectivity index (χ1) is 19.4. The highest BCUT2D eigenvalue weighted by atomic mass is 35.5. The zero-order valence-electron chi connectivity index (χ0n) is 21.7. The number of nitro benzene ring substituents is 1. The number of primary sulfonamides is 1. The van der Waals surface area contributed by atoms with Crippen LogP contribution in [0.2, 0.25) is 5.02 Å². The van der Waals surface area contributed by atoms with E-state index < -0.39 is 44.4 Å². The minimum absolute atomic E-state index is 0.0647. The van der Waals surface area contributed by atoms with Crippen LogP contribution >= 0.6 is 11.6 Å². The van der Waals surface area contributed by atoms with Crippen molar-refractivity contribution in [3.63, 3.8) is 0 Å². The fourth-order valence-electron chi connectivity index (χ4n) is 4.43. The predicted octanol–water partition coefficient (Wildman–Crippen LogP) is 3.31. The molecule has 3 aromatic carbocycles. The van der Waals surface area contributed by atoms with Gasteiger partial charge in [0, 0.05) is 18.2 Å². The molecule has 4 rings (SSSR count). The molecule has 1 unspecified atom stereocenters. The van der Waals surface area contributed by atoms with Crippen LogP contribution in [0.15, 0.2) is 71.6 Å². The van der Waals surface area contributed by atoms with Crippen molar-refractivity contribution in [2.75, 3.05) is 18.1 Å². The van der Waals surface area contributed by atoms with Crippen LogP contribution in [0.4, 0.5) is 11.4 Å². The van der Waals surface area contributed by atoms with Gasteiger partial charge in [0.25, 0.3) is 17.5 Å². The van der Waals surface area contributed by atoms with Gasteiger partial charge in [0.05, 0.1) is 28.5 Å². The molecule has 41 heavy (non-hydrogen) atoms. The molecule has 0 radical (unpaired) electrons. The Morgan fingerprint density at radius 2 is 1.78 bits per heavy atom. The third-order valence-corrected chi connectivity index (χ3v) is 7.70. The smallest absolute Gasteiger partial charge is 0.288 e. The number of sulfonamides is 1. The minimum atomic E-state index is -3.91. The number of amides is 3. The lowest BCUT2D eigenvalue weighted by atomic mass is 10.1. The molecule has 0 aromatic heterocycles. The Hall–Kier alpha value is -4.33. The van der Waals surface area contributed by atoms with E-state index in [1.54, 1.807) is 24.3 Å². The number of imide groups is 1. The van der Waals surface area contributed by atoms with Crippen molar-refractivity contribution in [1.29, 1.82) is 0 Å². The maximum atomic E-state index is 13.7. The number of anilines is 1. The first-order valence-electron chi connectivity index (χ1n) is 12.4. The van der Waals surface area contributed by atoms with Gasteiger partial charge in [0.1, 0.15) is 16.8 Å². The average Bonchev–Trinajstić information content (AvgIpc) is 3.22. The van der Waals surface area contributed by atoms with E-state index in [0.717, 1.165) is 11.0 Å². The molecule has 3 aromatic rings. The van der Waals surface area contributed by atoms with Gasteiger partial charge in [0.15, 0.2) is 0 Å². The lowest BCUT2D eigenvalue weighted by Gasteiger charge is -2.28. The molecule has 0 saturated carbocycles. The molecule has 2 N–H and O–H groups in total. The Labute approximate surface area is 240 Å². The van der Waals surface area contributed by atoms with Crippen molar-refractivity contribution in [3.8, 4) is 5.75 Å². The highest BCUT2D eigenvalue weighted by Gasteiger charge is 2.44. The van der Waals surface area contributed by atoms with Gasteiger partial charge in [-0.3, -0.25) is 24.5 Å². The second-order valence-corrected chi connectivity index (χ2v) is 11.0. The number of nitrogens with zero attached hydrogens (tertiary/aromatic N) is 3. The summed E-state index contributed by atoms with van der Waals surface area (Å²) in [4.78, 5) is 53.1. The Morgan fingerprint density at radius 3 is 2.37 bits per heavy atom. The minimum Gasteiger partial charge on any atom is -0.494 e. The Bertz CT molecular complexity index is 1610. The quantitative estimate of drug-likeness (QED) is 0.210. The van der Waals surface area contributed by atoms with Crippen molar-refractivity contribution in [3.05, 3.63) is 93.0 Å². The molecule has 0 aliphatic carbocycles. The van der Waals surface area contributed by atoms with Crippen molar-refractivity contribution in [1.82, 2.24) is 4.90 Å². The van der Waals surface area contributed by atoms with E-state index in [9.17, 15) is 32.9 Å². The van der Waals surface area contributed by atoms with Crippen molar-refractivity contribution in [2.24, 2.45) is 5.14 Å². The maximum absolute atomic E-state index is 13.7. The Morgan fingerprint density at radius 1 is 1.12 bits per heavy atom. The first kappa shape index (κ1) is 29.6. The van der Waals surface area contributed by atoms with Crippen LogP contribution in [-0.2, 0) is 26.0 Å². The Balaban J connectivity index is 1.66. The number of nitrogens with two attached hydrogens (primary N) is 1. The summed E-state index contributed by atoms with van der Waals surface area (Å²) in [5.41, 5.74) is 0.350. The van der Waals surface area contributed by atoms with Crippen LogP contribution in [0.3, 0.4) is 0 Å². The molecule has 1 heterocycles. The van der Waals surface area contributed by atoms with Crippen LogP contribution in [0.25, 0.3) is 0 Å². The summed E-state index contributed by atoms with van der Waals surface area (Å²) in [5, 5.41) is 16.4. The second-order valence-electron chi connectivity index (χ2n) is 9.08. The predicted molar refractivity (Wildman–Crippen MR) is 149 cm³/mol. The van der Waals surface area contributed by atoms with Gasteiger partial charge in [-0.2, -0.15) is 0 Å². The number of carbonyl (C=O) groups excluding carboxylic acids is 3. The third kappa shape index (κ3) is 6.53. The van der Waals surface area contributed by atoms with E-state index in [-0.39, 0.29) is 34.9 Å². The van der Waals surface area contributed by atoms with Crippen molar-refractivity contribution in [2.45, 2.75) is 30.7 Å². The van der Waals surface area contributed by atoms with Gasteiger partial charge < -0.3 is 9.64 Å². The highest BCUT2D eigenvalue weighted by Crippen LogP contribution is 2.30. The van der Waals surface area contributed by atoms with Gasteiger partial charge >= 0.3 is 0 Å². The van der Waals surface area contributed by atoms with E-state index in [1.165, 1.54) is 41.3 Å². The van der Waals surface area contributed by atoms with Crippen LogP contribution < -0.4 is 14.8 Å². The Kier molecular flexibility index (Phi) is 8.71. The fourth-order valence-corrected chi connectivity index (χ4v) is 5.14. The number of hydrogen-bond donors (Lipinski definition) is 1. The highest BCUT2D eigenvalue weighted by molar-refractivity contribution is 7.89. The summed E-state index contributed by atoms with van der Waals surface area (Å²) >= 11 is 5.92. The number of ether oxygens (including phenoxy) is 1. The summed E-state index contributed by atoms with van der Waals surface area (Å²) in [7, 11) is -3.91. The monoisotopic (exact) mass is 600 g/mol. The largest absolute Gasteiger partial charge is 0.494 e. The van der Waals surface area contributed by atoms with E-state index in [1.807, 2.05) is 6.92 Å². The van der Waals surface area contributed by atoms with Crippen molar-refractivity contribution < 1.29 is 32.5 Å². The number of carbonyl (C=O) groups is 3. The lowest BCUT2D eigenvalue weighted by Crippen LogP contribution is -2.46. The lowest BCUT2D eigenvalue weighted by molar-refractivity contribution is -0.384. The van der Waals surface area contributed by atoms with Crippen LogP contribution in [0.5, 0.6) is 5.75 Å². The second kappa shape index (κ2) is 12.0. The average molecular weight is 601 g/mol.